The van der Waals surface area contributed by atoms with Crippen molar-refractivity contribution in [2.24, 2.45) is 28.6 Å². The highest BCUT2D eigenvalue weighted by Gasteiger charge is 2.55. The minimum atomic E-state index is -0.465. The topological polar surface area (TPSA) is 37.3 Å². The number of allylic oxidation sites excluding steroid dienone is 2. The van der Waals surface area contributed by atoms with Crippen LogP contribution in [-0.2, 0) is 4.79 Å². The van der Waals surface area contributed by atoms with E-state index in [-0.39, 0.29) is 22.7 Å². The molecule has 0 unspecified atom stereocenters. The van der Waals surface area contributed by atoms with Gasteiger partial charge in [0.1, 0.15) is 5.78 Å². The molecule has 0 amide bonds. The summed E-state index contributed by atoms with van der Waals surface area (Å²) >= 11 is 0. The van der Waals surface area contributed by atoms with Crippen molar-refractivity contribution in [3.05, 3.63) is 24.3 Å². The number of hydrogen-bond acceptors (Lipinski definition) is 2. The summed E-state index contributed by atoms with van der Waals surface area (Å²) in [4.78, 5) is 12.1. The van der Waals surface area contributed by atoms with Crippen LogP contribution in [0, 0.1) is 28.6 Å². The number of Topliss-reactive ketones (excluding diaryl/α,β-unsaturated/α-hetero) is 1. The van der Waals surface area contributed by atoms with E-state index in [0.29, 0.717) is 18.1 Å². The Hall–Kier alpha value is -0.890. The average Bonchev–Trinajstić information content (AvgIpc) is 2.43. The van der Waals surface area contributed by atoms with Gasteiger partial charge in [0, 0.05) is 18.3 Å². The third kappa shape index (κ3) is 2.14. The molecule has 2 saturated carbocycles. The van der Waals surface area contributed by atoms with Gasteiger partial charge in [0.15, 0.2) is 0 Å². The minimum Gasteiger partial charge on any atom is -0.389 e. The molecule has 0 bridgehead atoms. The van der Waals surface area contributed by atoms with Crippen LogP contribution in [0.5, 0.6) is 0 Å². The van der Waals surface area contributed by atoms with Gasteiger partial charge in [-0.15, -0.1) is 6.58 Å². The second-order valence-electron chi connectivity index (χ2n) is 8.14. The summed E-state index contributed by atoms with van der Waals surface area (Å²) in [6, 6.07) is 0. The Kier molecular flexibility index (Phi) is 3.44. The number of ketones is 1. The zero-order valence-electron chi connectivity index (χ0n) is 13.6. The van der Waals surface area contributed by atoms with Crippen molar-refractivity contribution in [1.82, 2.24) is 0 Å². The fourth-order valence-corrected chi connectivity index (χ4v) is 5.41. The molecule has 3 rings (SSSR count). The van der Waals surface area contributed by atoms with Gasteiger partial charge in [-0.2, -0.15) is 0 Å². The molecular weight excluding hydrogens is 260 g/mol. The largest absolute Gasteiger partial charge is 0.389 e. The van der Waals surface area contributed by atoms with E-state index in [0.717, 1.165) is 19.3 Å². The standard InChI is InChI=1S/C19H28O2/c1-5-18(3)8-6-14-13(11-18)10-16(21)17-12(2)15(20)7-9-19(14,17)4/h5,10,12,14,16-17,21H,1,6-9,11H2,2-4H3/t12-,14-,16-,17-,18-,19-/m1/s1. The second-order valence-corrected chi connectivity index (χ2v) is 8.14. The molecule has 0 aromatic heterocycles. The Morgan fingerprint density at radius 3 is 2.76 bits per heavy atom. The molecule has 116 valence electrons. The lowest BCUT2D eigenvalue weighted by molar-refractivity contribution is -0.139. The van der Waals surface area contributed by atoms with Crippen LogP contribution < -0.4 is 0 Å². The lowest BCUT2D eigenvalue weighted by atomic mass is 9.48. The zero-order chi connectivity index (χ0) is 15.4. The summed E-state index contributed by atoms with van der Waals surface area (Å²) in [6.07, 6.45) is 8.66. The van der Waals surface area contributed by atoms with Crippen LogP contribution in [0.3, 0.4) is 0 Å². The van der Waals surface area contributed by atoms with E-state index in [1.807, 2.05) is 6.92 Å². The molecule has 0 radical (unpaired) electrons. The Morgan fingerprint density at radius 2 is 2.10 bits per heavy atom. The summed E-state index contributed by atoms with van der Waals surface area (Å²) < 4.78 is 0. The smallest absolute Gasteiger partial charge is 0.136 e. The van der Waals surface area contributed by atoms with Crippen LogP contribution in [0.1, 0.15) is 52.9 Å². The normalized spacial score (nSPS) is 49.9. The number of aliphatic hydroxyl groups is 1. The Balaban J connectivity index is 1.99. The molecule has 1 N–H and O–H groups in total. The first-order valence-corrected chi connectivity index (χ1v) is 8.36. The molecule has 0 aliphatic heterocycles. The molecule has 3 aliphatic rings. The van der Waals surface area contributed by atoms with E-state index in [2.05, 4.69) is 32.6 Å². The predicted molar refractivity (Wildman–Crippen MR) is 84.7 cm³/mol. The van der Waals surface area contributed by atoms with Crippen LogP contribution in [0.4, 0.5) is 0 Å². The van der Waals surface area contributed by atoms with E-state index in [1.165, 1.54) is 12.0 Å². The van der Waals surface area contributed by atoms with Gasteiger partial charge in [0.2, 0.25) is 0 Å². The number of aliphatic hydroxyl groups excluding tert-OH is 1. The van der Waals surface area contributed by atoms with Gasteiger partial charge >= 0.3 is 0 Å². The molecule has 6 atom stereocenters. The van der Waals surface area contributed by atoms with E-state index >= 15 is 0 Å². The van der Waals surface area contributed by atoms with Gasteiger partial charge in [-0.05, 0) is 42.4 Å². The van der Waals surface area contributed by atoms with Crippen molar-refractivity contribution in [3.8, 4) is 0 Å². The van der Waals surface area contributed by atoms with Gasteiger partial charge in [-0.3, -0.25) is 4.79 Å². The first-order valence-electron chi connectivity index (χ1n) is 8.36. The molecule has 0 aromatic rings. The van der Waals surface area contributed by atoms with Crippen molar-refractivity contribution < 1.29 is 9.90 Å². The summed E-state index contributed by atoms with van der Waals surface area (Å²) in [5.41, 5.74) is 1.66. The van der Waals surface area contributed by atoms with Crippen LogP contribution >= 0.6 is 0 Å². The van der Waals surface area contributed by atoms with Gasteiger partial charge in [0.05, 0.1) is 6.10 Å². The van der Waals surface area contributed by atoms with Crippen LogP contribution in [0.15, 0.2) is 24.3 Å². The van der Waals surface area contributed by atoms with E-state index in [9.17, 15) is 9.90 Å². The molecule has 2 fully saturated rings. The molecule has 21 heavy (non-hydrogen) atoms. The van der Waals surface area contributed by atoms with Crippen LogP contribution in [-0.4, -0.2) is 17.0 Å². The van der Waals surface area contributed by atoms with Crippen molar-refractivity contribution >= 4 is 5.78 Å². The third-order valence-corrected chi connectivity index (χ3v) is 6.82. The van der Waals surface area contributed by atoms with Gasteiger partial charge in [-0.1, -0.05) is 38.5 Å². The predicted octanol–water partition coefficient (Wildman–Crippen LogP) is 3.90. The number of rotatable bonds is 1. The molecule has 0 saturated heterocycles. The fourth-order valence-electron chi connectivity index (χ4n) is 5.41. The van der Waals surface area contributed by atoms with Crippen molar-refractivity contribution in [1.29, 1.82) is 0 Å². The number of carbonyl (C=O) groups is 1. The monoisotopic (exact) mass is 288 g/mol. The number of fused-ring (bicyclic) bond motifs is 3. The first kappa shape index (κ1) is 15.0. The highest BCUT2D eigenvalue weighted by molar-refractivity contribution is 5.82. The first-order chi connectivity index (χ1) is 9.81. The Morgan fingerprint density at radius 1 is 1.38 bits per heavy atom. The van der Waals surface area contributed by atoms with E-state index in [4.69, 9.17) is 0 Å². The lowest BCUT2D eigenvalue weighted by Gasteiger charge is -2.56. The molecule has 2 nitrogen and oxygen atoms in total. The molecule has 2 heteroatoms. The summed E-state index contributed by atoms with van der Waals surface area (Å²) in [6.45, 7) is 10.6. The van der Waals surface area contributed by atoms with Crippen molar-refractivity contribution in [3.63, 3.8) is 0 Å². The maximum absolute atomic E-state index is 12.1. The summed E-state index contributed by atoms with van der Waals surface area (Å²) in [7, 11) is 0. The van der Waals surface area contributed by atoms with Crippen molar-refractivity contribution in [2.75, 3.05) is 0 Å². The van der Waals surface area contributed by atoms with Crippen molar-refractivity contribution in [2.45, 2.75) is 59.0 Å². The summed E-state index contributed by atoms with van der Waals surface area (Å²) in [5, 5.41) is 10.7. The fraction of sp³-hybridized carbons (Fsp3) is 0.737. The molecule has 0 heterocycles. The van der Waals surface area contributed by atoms with Gasteiger partial charge in [0.25, 0.3) is 0 Å². The maximum atomic E-state index is 12.1. The average molecular weight is 288 g/mol. The summed E-state index contributed by atoms with van der Waals surface area (Å²) in [5.74, 6) is 0.958. The minimum absolute atomic E-state index is 0.00994. The highest BCUT2D eigenvalue weighted by atomic mass is 16.3. The number of hydrogen-bond donors (Lipinski definition) is 1. The highest BCUT2D eigenvalue weighted by Crippen LogP contribution is 2.60. The Labute approximate surface area is 128 Å². The van der Waals surface area contributed by atoms with E-state index in [1.54, 1.807) is 0 Å². The van der Waals surface area contributed by atoms with Crippen LogP contribution in [0.2, 0.25) is 0 Å². The van der Waals surface area contributed by atoms with Gasteiger partial charge in [-0.25, -0.2) is 0 Å². The molecule has 3 aliphatic carbocycles. The SMILES string of the molecule is C=C[C@]1(C)CC[C@@H]2C(=C[C@@H](O)[C@H]3[C@H](C)C(=O)CC[C@@]32C)C1. The maximum Gasteiger partial charge on any atom is 0.136 e. The third-order valence-electron chi connectivity index (χ3n) is 6.82. The second kappa shape index (κ2) is 4.81. The molecule has 0 spiro atoms. The Bertz CT molecular complexity index is 506. The number of carbonyl (C=O) groups excluding carboxylic acids is 1. The lowest BCUT2D eigenvalue weighted by Crippen LogP contribution is -2.54. The molecule has 0 aromatic carbocycles. The zero-order valence-corrected chi connectivity index (χ0v) is 13.6. The van der Waals surface area contributed by atoms with E-state index < -0.39 is 6.10 Å². The van der Waals surface area contributed by atoms with Gasteiger partial charge < -0.3 is 5.11 Å². The molecular formula is C19H28O2. The quantitative estimate of drug-likeness (QED) is 0.743. The van der Waals surface area contributed by atoms with Crippen LogP contribution in [0.25, 0.3) is 0 Å².